The Kier molecular flexibility index (Phi) is 5.77. The molecule has 154 valence electrons. The fourth-order valence-electron chi connectivity index (χ4n) is 3.75. The summed E-state index contributed by atoms with van der Waals surface area (Å²) >= 11 is 0. The van der Waals surface area contributed by atoms with Crippen LogP contribution in [0.3, 0.4) is 0 Å². The minimum atomic E-state index is -0.0271. The molecule has 1 fully saturated rings. The first-order valence-corrected chi connectivity index (χ1v) is 10.1. The number of ether oxygens (including phenoxy) is 1. The van der Waals surface area contributed by atoms with E-state index in [4.69, 9.17) is 4.74 Å². The van der Waals surface area contributed by atoms with Crippen molar-refractivity contribution in [1.82, 2.24) is 9.55 Å². The summed E-state index contributed by atoms with van der Waals surface area (Å²) in [6, 6.07) is 13.2. The van der Waals surface area contributed by atoms with Crippen molar-refractivity contribution in [3.63, 3.8) is 0 Å². The molecule has 2 aromatic heterocycles. The molecule has 0 N–H and O–H groups in total. The SMILES string of the molecule is Cc1ccc(C(=O)Cc2ccccn2)cc1-c1cc(N2CCOCC2)c(=O)n(C)c1. The van der Waals surface area contributed by atoms with Gasteiger partial charge in [-0.05, 0) is 42.3 Å². The molecule has 0 radical (unpaired) electrons. The molecule has 30 heavy (non-hydrogen) atoms. The van der Waals surface area contributed by atoms with Gasteiger partial charge in [0.2, 0.25) is 0 Å². The van der Waals surface area contributed by atoms with Gasteiger partial charge in [0.15, 0.2) is 5.78 Å². The maximum Gasteiger partial charge on any atom is 0.273 e. The Bertz CT molecular complexity index is 1120. The molecule has 0 amide bonds. The van der Waals surface area contributed by atoms with E-state index in [-0.39, 0.29) is 17.8 Å². The largest absolute Gasteiger partial charge is 0.378 e. The summed E-state index contributed by atoms with van der Waals surface area (Å²) < 4.78 is 7.04. The maximum atomic E-state index is 12.8. The molecule has 6 nitrogen and oxygen atoms in total. The molecule has 1 saturated heterocycles. The van der Waals surface area contributed by atoms with Crippen LogP contribution in [0.1, 0.15) is 21.6 Å². The Labute approximate surface area is 175 Å². The minimum Gasteiger partial charge on any atom is -0.378 e. The zero-order chi connectivity index (χ0) is 21.1. The first-order valence-electron chi connectivity index (χ1n) is 10.1. The first-order chi connectivity index (χ1) is 14.5. The van der Waals surface area contributed by atoms with Gasteiger partial charge in [-0.15, -0.1) is 0 Å². The summed E-state index contributed by atoms with van der Waals surface area (Å²) in [5.41, 5.74) is 4.96. The van der Waals surface area contributed by atoms with E-state index >= 15 is 0 Å². The van der Waals surface area contributed by atoms with Crippen LogP contribution < -0.4 is 10.5 Å². The number of anilines is 1. The van der Waals surface area contributed by atoms with Crippen LogP contribution in [0.4, 0.5) is 5.69 Å². The number of morpholine rings is 1. The maximum absolute atomic E-state index is 12.8. The van der Waals surface area contributed by atoms with E-state index in [1.54, 1.807) is 17.8 Å². The van der Waals surface area contributed by atoms with E-state index in [2.05, 4.69) is 9.88 Å². The Morgan fingerprint density at radius 3 is 2.67 bits per heavy atom. The predicted molar refractivity (Wildman–Crippen MR) is 117 cm³/mol. The fraction of sp³-hybridized carbons (Fsp3) is 0.292. The molecule has 3 heterocycles. The lowest BCUT2D eigenvalue weighted by molar-refractivity contribution is 0.0992. The summed E-state index contributed by atoms with van der Waals surface area (Å²) in [6.07, 6.45) is 3.79. The molecule has 1 aliphatic heterocycles. The highest BCUT2D eigenvalue weighted by Crippen LogP contribution is 2.27. The molecule has 0 aliphatic carbocycles. The van der Waals surface area contributed by atoms with Gasteiger partial charge in [-0.2, -0.15) is 0 Å². The van der Waals surface area contributed by atoms with Crippen LogP contribution >= 0.6 is 0 Å². The van der Waals surface area contributed by atoms with Gasteiger partial charge >= 0.3 is 0 Å². The molecule has 4 rings (SSSR count). The third-order valence-electron chi connectivity index (χ3n) is 5.45. The number of hydrogen-bond donors (Lipinski definition) is 0. The van der Waals surface area contributed by atoms with E-state index < -0.39 is 0 Å². The molecule has 1 aromatic carbocycles. The van der Waals surface area contributed by atoms with Crippen LogP contribution in [0, 0.1) is 6.92 Å². The zero-order valence-corrected chi connectivity index (χ0v) is 17.3. The van der Waals surface area contributed by atoms with Crippen molar-refractivity contribution in [2.24, 2.45) is 7.05 Å². The van der Waals surface area contributed by atoms with Crippen LogP contribution in [-0.2, 0) is 18.2 Å². The molecular formula is C24H25N3O3. The smallest absolute Gasteiger partial charge is 0.273 e. The normalized spacial score (nSPS) is 14.0. The van der Waals surface area contributed by atoms with E-state index in [9.17, 15) is 9.59 Å². The average Bonchev–Trinajstić information content (AvgIpc) is 2.77. The van der Waals surface area contributed by atoms with Crippen LogP contribution in [0.25, 0.3) is 11.1 Å². The fourth-order valence-corrected chi connectivity index (χ4v) is 3.75. The molecule has 0 atom stereocenters. The predicted octanol–water partition coefficient (Wildman–Crippen LogP) is 3.02. The molecule has 0 unspecified atom stereocenters. The van der Waals surface area contributed by atoms with Crippen molar-refractivity contribution in [2.45, 2.75) is 13.3 Å². The summed E-state index contributed by atoms with van der Waals surface area (Å²) in [5, 5.41) is 0. The Balaban J connectivity index is 1.70. The number of aromatic nitrogens is 2. The van der Waals surface area contributed by atoms with Crippen molar-refractivity contribution in [3.05, 3.63) is 82.0 Å². The summed E-state index contributed by atoms with van der Waals surface area (Å²) in [6.45, 7) is 4.64. The van der Waals surface area contributed by atoms with Crippen LogP contribution in [0.2, 0.25) is 0 Å². The Hall–Kier alpha value is -3.25. The number of carbonyl (C=O) groups excluding carboxylic acids is 1. The topological polar surface area (TPSA) is 64.4 Å². The van der Waals surface area contributed by atoms with Gasteiger partial charge in [0.1, 0.15) is 5.69 Å². The summed E-state index contributed by atoms with van der Waals surface area (Å²) in [5.74, 6) is 0.0215. The van der Waals surface area contributed by atoms with E-state index in [1.165, 1.54) is 0 Å². The number of pyridine rings is 2. The molecular weight excluding hydrogens is 378 g/mol. The Morgan fingerprint density at radius 2 is 1.93 bits per heavy atom. The molecule has 0 saturated carbocycles. The number of ketones is 1. The number of nitrogens with zero attached hydrogens (tertiary/aromatic N) is 3. The molecule has 0 bridgehead atoms. The van der Waals surface area contributed by atoms with Crippen molar-refractivity contribution in [2.75, 3.05) is 31.2 Å². The number of benzene rings is 1. The lowest BCUT2D eigenvalue weighted by Gasteiger charge is -2.29. The van der Waals surface area contributed by atoms with Gasteiger partial charge in [-0.1, -0.05) is 18.2 Å². The second-order valence-electron chi connectivity index (χ2n) is 7.58. The average molecular weight is 403 g/mol. The standard InChI is InChI=1S/C24H25N3O3/c1-17-6-7-18(23(28)15-20-5-3-4-8-25-20)13-21(17)19-14-22(24(29)26(2)16-19)27-9-11-30-12-10-27/h3-8,13-14,16H,9-12,15H2,1-2H3. The van der Waals surface area contributed by atoms with Gasteiger partial charge in [0.25, 0.3) is 5.56 Å². The van der Waals surface area contributed by atoms with Gasteiger partial charge in [-0.3, -0.25) is 14.6 Å². The number of hydrogen-bond acceptors (Lipinski definition) is 5. The van der Waals surface area contributed by atoms with Crippen molar-refractivity contribution >= 4 is 11.5 Å². The lowest BCUT2D eigenvalue weighted by atomic mass is 9.96. The van der Waals surface area contributed by atoms with Gasteiger partial charge < -0.3 is 14.2 Å². The van der Waals surface area contributed by atoms with Crippen LogP contribution in [0.15, 0.2) is 59.7 Å². The number of carbonyl (C=O) groups is 1. The van der Waals surface area contributed by atoms with Crippen molar-refractivity contribution in [1.29, 1.82) is 0 Å². The Morgan fingerprint density at radius 1 is 1.13 bits per heavy atom. The highest BCUT2D eigenvalue weighted by molar-refractivity contribution is 5.98. The highest BCUT2D eigenvalue weighted by Gasteiger charge is 2.18. The van der Waals surface area contributed by atoms with Gasteiger partial charge in [-0.25, -0.2) is 0 Å². The molecule has 6 heteroatoms. The van der Waals surface area contributed by atoms with Crippen LogP contribution in [-0.4, -0.2) is 41.6 Å². The van der Waals surface area contributed by atoms with Gasteiger partial charge in [0, 0.05) is 49.4 Å². The zero-order valence-electron chi connectivity index (χ0n) is 17.3. The monoisotopic (exact) mass is 403 g/mol. The highest BCUT2D eigenvalue weighted by atomic mass is 16.5. The van der Waals surface area contributed by atoms with E-state index in [1.807, 2.05) is 55.6 Å². The minimum absolute atomic E-state index is 0.0215. The quantitative estimate of drug-likeness (QED) is 0.613. The number of Topliss-reactive ketones (excluding diaryl/α,β-unsaturated/α-hetero) is 1. The van der Waals surface area contributed by atoms with Crippen molar-refractivity contribution < 1.29 is 9.53 Å². The van der Waals surface area contributed by atoms with E-state index in [0.29, 0.717) is 37.6 Å². The molecule has 3 aromatic rings. The van der Waals surface area contributed by atoms with E-state index in [0.717, 1.165) is 22.4 Å². The summed E-state index contributed by atoms with van der Waals surface area (Å²) in [4.78, 5) is 31.9. The third kappa shape index (κ3) is 4.19. The third-order valence-corrected chi connectivity index (χ3v) is 5.45. The molecule has 0 spiro atoms. The lowest BCUT2D eigenvalue weighted by Crippen LogP contribution is -2.40. The van der Waals surface area contributed by atoms with Crippen molar-refractivity contribution in [3.8, 4) is 11.1 Å². The number of aryl methyl sites for hydroxylation is 2. The number of rotatable bonds is 5. The second kappa shape index (κ2) is 8.63. The van der Waals surface area contributed by atoms with Crippen LogP contribution in [0.5, 0.6) is 0 Å². The molecule has 1 aliphatic rings. The first kappa shape index (κ1) is 20.0. The second-order valence-corrected chi connectivity index (χ2v) is 7.58. The van der Waals surface area contributed by atoms with Gasteiger partial charge in [0.05, 0.1) is 19.6 Å². The summed E-state index contributed by atoms with van der Waals surface area (Å²) in [7, 11) is 1.77.